The minimum Gasteiger partial charge on any atom is -0.461 e. The molecule has 0 aliphatic heterocycles. The Hall–Kier alpha value is 0.1000. The van der Waals surface area contributed by atoms with Crippen molar-refractivity contribution in [3.05, 3.63) is 0 Å². The molecule has 12 heavy (non-hydrogen) atoms. The van der Waals surface area contributed by atoms with Crippen LogP contribution in [0.4, 0.5) is 0 Å². The van der Waals surface area contributed by atoms with Crippen molar-refractivity contribution in [1.29, 1.82) is 0 Å². The lowest BCUT2D eigenvalue weighted by Gasteiger charge is -2.18. The molecule has 2 N–H and O–H groups in total. The van der Waals surface area contributed by atoms with E-state index in [4.69, 9.17) is 9.79 Å². The van der Waals surface area contributed by atoms with Crippen LogP contribution in [0.25, 0.3) is 0 Å². The first-order chi connectivity index (χ1) is 5.25. The van der Waals surface area contributed by atoms with E-state index in [1.807, 2.05) is 0 Å². The maximum absolute atomic E-state index is 10.6. The predicted octanol–water partition coefficient (Wildman–Crippen LogP) is 0.837. The molecule has 0 saturated carbocycles. The molecule has 0 spiro atoms. The number of esters is 1. The lowest BCUT2D eigenvalue weighted by Crippen LogP contribution is -2.22. The Morgan fingerprint density at radius 2 is 2.00 bits per heavy atom. The van der Waals surface area contributed by atoms with Crippen molar-refractivity contribution in [2.24, 2.45) is 0 Å². The highest BCUT2D eigenvalue weighted by molar-refractivity contribution is 9.10. The number of hydrogen-bond acceptors (Lipinski definition) is 3. The van der Waals surface area contributed by atoms with E-state index < -0.39 is 24.2 Å². The minimum absolute atomic E-state index is 0.569. The monoisotopic (exact) mass is 260 g/mol. The molecule has 0 amide bonds. The van der Waals surface area contributed by atoms with Crippen molar-refractivity contribution < 1.29 is 23.9 Å². The van der Waals surface area contributed by atoms with Crippen molar-refractivity contribution >= 4 is 29.5 Å². The minimum atomic E-state index is -4.23. The number of hydrogen-bond donors (Lipinski definition) is 2. The number of carbonyl (C=O) groups is 1. The molecule has 0 saturated heterocycles. The van der Waals surface area contributed by atoms with E-state index in [-0.39, 0.29) is 0 Å². The zero-order valence-corrected chi connectivity index (χ0v) is 9.08. The largest absolute Gasteiger partial charge is 0.461 e. The van der Waals surface area contributed by atoms with Gasteiger partial charge in [-0.25, -0.2) is 0 Å². The van der Waals surface area contributed by atoms with E-state index >= 15 is 0 Å². The van der Waals surface area contributed by atoms with E-state index in [1.54, 1.807) is 0 Å². The molecule has 5 nitrogen and oxygen atoms in total. The first-order valence-electron chi connectivity index (χ1n) is 3.11. The van der Waals surface area contributed by atoms with E-state index in [9.17, 15) is 9.36 Å². The molecule has 2 atom stereocenters. The van der Waals surface area contributed by atoms with Gasteiger partial charge in [-0.3, -0.25) is 9.36 Å². The van der Waals surface area contributed by atoms with Gasteiger partial charge in [-0.1, -0.05) is 15.9 Å². The predicted molar refractivity (Wildman–Crippen MR) is 46.0 cm³/mol. The molecule has 0 bridgehead atoms. The molecule has 0 aliphatic rings. The molecule has 0 heterocycles. The van der Waals surface area contributed by atoms with Crippen LogP contribution in [0.3, 0.4) is 0 Å². The van der Waals surface area contributed by atoms with E-state index in [2.05, 4.69) is 20.7 Å². The number of alkyl halides is 1. The van der Waals surface area contributed by atoms with Gasteiger partial charge in [0.05, 0.1) is 0 Å². The van der Waals surface area contributed by atoms with Crippen LogP contribution < -0.4 is 0 Å². The quantitative estimate of drug-likeness (QED) is 0.446. The Bertz CT molecular complexity index is 212. The van der Waals surface area contributed by atoms with E-state index in [0.717, 1.165) is 0 Å². The maximum atomic E-state index is 10.6. The van der Waals surface area contributed by atoms with Gasteiger partial charge in [0.15, 0.2) is 4.57 Å². The van der Waals surface area contributed by atoms with Crippen LogP contribution >= 0.6 is 23.5 Å². The smallest absolute Gasteiger partial charge is 0.342 e. The summed E-state index contributed by atoms with van der Waals surface area (Å²) < 4.78 is 14.0. The van der Waals surface area contributed by atoms with Crippen molar-refractivity contribution in [3.8, 4) is 0 Å². The van der Waals surface area contributed by atoms with Crippen molar-refractivity contribution in [2.45, 2.75) is 24.5 Å². The molecule has 0 aromatic carbocycles. The summed E-state index contributed by atoms with van der Waals surface area (Å²) in [6.45, 7) is 2.58. The van der Waals surface area contributed by atoms with Crippen LogP contribution in [-0.2, 0) is 14.1 Å². The first-order valence-corrected chi connectivity index (χ1v) is 5.71. The van der Waals surface area contributed by atoms with E-state index in [0.29, 0.717) is 0 Å². The Balaban J connectivity index is 4.20. The molecular weight excluding hydrogens is 251 g/mol. The van der Waals surface area contributed by atoms with Crippen LogP contribution in [-0.4, -0.2) is 26.4 Å². The average molecular weight is 261 g/mol. The highest BCUT2D eigenvalue weighted by Crippen LogP contribution is 2.46. The third-order valence-corrected chi connectivity index (χ3v) is 4.47. The summed E-state index contributed by atoms with van der Waals surface area (Å²) in [6.07, 6.45) is -0.844. The highest BCUT2D eigenvalue weighted by atomic mass is 79.9. The SMILES string of the molecule is CC(=O)OC(C)C(Br)P(=O)(O)O. The lowest BCUT2D eigenvalue weighted by atomic mass is 10.5. The lowest BCUT2D eigenvalue weighted by molar-refractivity contribution is -0.144. The second-order valence-electron chi connectivity index (χ2n) is 2.28. The molecule has 7 heteroatoms. The van der Waals surface area contributed by atoms with Gasteiger partial charge in [-0.2, -0.15) is 0 Å². The summed E-state index contributed by atoms with van der Waals surface area (Å²) in [4.78, 5) is 27.7. The van der Waals surface area contributed by atoms with Gasteiger partial charge in [0, 0.05) is 6.92 Å². The van der Waals surface area contributed by atoms with E-state index in [1.165, 1.54) is 13.8 Å². The Kier molecular flexibility index (Phi) is 4.40. The third kappa shape index (κ3) is 4.21. The van der Waals surface area contributed by atoms with Gasteiger partial charge >= 0.3 is 13.6 Å². The number of ether oxygens (including phenoxy) is 1. The van der Waals surface area contributed by atoms with Gasteiger partial charge in [0.2, 0.25) is 0 Å². The van der Waals surface area contributed by atoms with Crippen molar-refractivity contribution in [1.82, 2.24) is 0 Å². The average Bonchev–Trinajstić information content (AvgIpc) is 1.82. The van der Waals surface area contributed by atoms with Gasteiger partial charge in [-0.05, 0) is 6.92 Å². The van der Waals surface area contributed by atoms with Crippen molar-refractivity contribution in [2.75, 3.05) is 0 Å². The van der Waals surface area contributed by atoms with Crippen LogP contribution in [0, 0.1) is 0 Å². The zero-order valence-electron chi connectivity index (χ0n) is 6.60. The Morgan fingerprint density at radius 1 is 1.58 bits per heavy atom. The van der Waals surface area contributed by atoms with Crippen LogP contribution in [0.15, 0.2) is 0 Å². The Labute approximate surface area is 78.4 Å². The van der Waals surface area contributed by atoms with Crippen LogP contribution in [0.2, 0.25) is 0 Å². The maximum Gasteiger partial charge on any atom is 0.342 e. The summed E-state index contributed by atoms with van der Waals surface area (Å²) in [5, 5.41) is 0. The topological polar surface area (TPSA) is 83.8 Å². The zero-order chi connectivity index (χ0) is 9.94. The molecule has 0 rings (SSSR count). The van der Waals surface area contributed by atoms with Crippen LogP contribution in [0.1, 0.15) is 13.8 Å². The molecule has 0 fully saturated rings. The summed E-state index contributed by atoms with van der Waals surface area (Å²) in [5.41, 5.74) is 0. The normalized spacial score (nSPS) is 16.8. The molecule has 0 aliphatic carbocycles. The number of rotatable bonds is 3. The summed E-state index contributed by atoms with van der Waals surface area (Å²) >= 11 is 2.75. The van der Waals surface area contributed by atoms with Gasteiger partial charge < -0.3 is 14.5 Å². The molecule has 0 aromatic rings. The molecule has 0 aromatic heterocycles. The summed E-state index contributed by atoms with van der Waals surface area (Å²) in [7, 11) is -4.23. The molecular formula is C5H10BrO5P. The molecule has 0 radical (unpaired) electrons. The fraction of sp³-hybridized carbons (Fsp3) is 0.800. The van der Waals surface area contributed by atoms with Gasteiger partial charge in [0.25, 0.3) is 0 Å². The summed E-state index contributed by atoms with van der Waals surface area (Å²) in [6, 6.07) is 0. The fourth-order valence-electron chi connectivity index (χ4n) is 0.591. The van der Waals surface area contributed by atoms with Crippen molar-refractivity contribution in [3.63, 3.8) is 0 Å². The number of carbonyl (C=O) groups excluding carboxylic acids is 1. The van der Waals surface area contributed by atoms with Gasteiger partial charge in [-0.15, -0.1) is 0 Å². The van der Waals surface area contributed by atoms with Gasteiger partial charge in [0.1, 0.15) is 6.10 Å². The highest BCUT2D eigenvalue weighted by Gasteiger charge is 2.33. The molecule has 2 unspecified atom stereocenters. The van der Waals surface area contributed by atoms with Crippen LogP contribution in [0.5, 0.6) is 0 Å². The second kappa shape index (κ2) is 4.37. The third-order valence-electron chi connectivity index (χ3n) is 1.06. The Morgan fingerprint density at radius 3 is 2.25 bits per heavy atom. The standard InChI is InChI=1S/C5H10BrO5P/c1-3(11-4(2)7)5(6)12(8,9)10/h3,5H,1-2H3,(H2,8,9,10). The number of halogens is 1. The first kappa shape index (κ1) is 12.1. The second-order valence-corrected chi connectivity index (χ2v) is 5.70. The summed E-state index contributed by atoms with van der Waals surface area (Å²) in [5.74, 6) is -0.569. The fourth-order valence-corrected chi connectivity index (χ4v) is 1.31. The molecule has 72 valence electrons.